The number of halogens is 1. The molecular weight excluding hydrogens is 443 g/mol. The number of anilines is 1. The molecule has 3 rings (SSSR count). The summed E-state index contributed by atoms with van der Waals surface area (Å²) in [6, 6.07) is 14.4. The van der Waals surface area contributed by atoms with Crippen LogP contribution in [-0.2, 0) is 13.1 Å². The van der Waals surface area contributed by atoms with E-state index in [2.05, 4.69) is 44.8 Å². The van der Waals surface area contributed by atoms with Crippen molar-refractivity contribution in [2.45, 2.75) is 13.1 Å². The van der Waals surface area contributed by atoms with E-state index in [4.69, 9.17) is 9.47 Å². The molecular formula is C19H25IN4O2. The number of aliphatic imine (C=N–C) groups is 1. The molecule has 2 aromatic rings. The second-order valence-corrected chi connectivity index (χ2v) is 6.03. The number of fused-ring (bicyclic) bond motifs is 1. The van der Waals surface area contributed by atoms with Crippen LogP contribution >= 0.6 is 24.0 Å². The zero-order chi connectivity index (χ0) is 17.6. The molecule has 0 bridgehead atoms. The van der Waals surface area contributed by atoms with E-state index in [-0.39, 0.29) is 24.0 Å². The number of hydrogen-bond donors (Lipinski definition) is 2. The molecule has 140 valence electrons. The summed E-state index contributed by atoms with van der Waals surface area (Å²) in [4.78, 5) is 6.37. The SMILES string of the molecule is CN=C(NCc1cccc(N(C)C)c1)NCc1ccc2c(c1)OCO2.I. The smallest absolute Gasteiger partial charge is 0.231 e. The van der Waals surface area contributed by atoms with Crippen molar-refractivity contribution in [2.75, 3.05) is 32.8 Å². The van der Waals surface area contributed by atoms with E-state index in [1.165, 1.54) is 11.3 Å². The molecule has 0 fully saturated rings. The minimum atomic E-state index is 0. The average Bonchev–Trinajstić information content (AvgIpc) is 3.10. The summed E-state index contributed by atoms with van der Waals surface area (Å²) < 4.78 is 10.7. The third-order valence-electron chi connectivity index (χ3n) is 4.01. The second kappa shape index (κ2) is 9.51. The predicted molar refractivity (Wildman–Crippen MR) is 116 cm³/mol. The Morgan fingerprint density at radius 1 is 1.00 bits per heavy atom. The first-order chi connectivity index (χ1) is 12.2. The van der Waals surface area contributed by atoms with Gasteiger partial charge in [-0.1, -0.05) is 18.2 Å². The summed E-state index contributed by atoms with van der Waals surface area (Å²) in [5, 5.41) is 6.66. The maximum atomic E-state index is 5.41. The fraction of sp³-hybridized carbons (Fsp3) is 0.316. The van der Waals surface area contributed by atoms with Crippen molar-refractivity contribution in [1.82, 2.24) is 10.6 Å². The number of nitrogens with zero attached hydrogens (tertiary/aromatic N) is 2. The van der Waals surface area contributed by atoms with Crippen molar-refractivity contribution >= 4 is 35.6 Å². The number of benzene rings is 2. The Hall–Kier alpha value is -2.16. The zero-order valence-corrected chi connectivity index (χ0v) is 17.6. The van der Waals surface area contributed by atoms with Crippen molar-refractivity contribution in [1.29, 1.82) is 0 Å². The Labute approximate surface area is 171 Å². The van der Waals surface area contributed by atoms with Gasteiger partial charge in [-0.3, -0.25) is 4.99 Å². The maximum absolute atomic E-state index is 5.41. The van der Waals surface area contributed by atoms with Crippen molar-refractivity contribution in [3.8, 4) is 11.5 Å². The lowest BCUT2D eigenvalue weighted by atomic mass is 10.2. The third kappa shape index (κ3) is 5.17. The molecule has 1 aliphatic heterocycles. The minimum absolute atomic E-state index is 0. The van der Waals surface area contributed by atoms with Gasteiger partial charge in [0, 0.05) is 39.9 Å². The highest BCUT2D eigenvalue weighted by molar-refractivity contribution is 14.0. The van der Waals surface area contributed by atoms with Crippen molar-refractivity contribution in [3.63, 3.8) is 0 Å². The second-order valence-electron chi connectivity index (χ2n) is 6.03. The van der Waals surface area contributed by atoms with Crippen LogP contribution < -0.4 is 25.0 Å². The first-order valence-corrected chi connectivity index (χ1v) is 8.25. The predicted octanol–water partition coefficient (Wildman–Crippen LogP) is 2.96. The standard InChI is InChI=1S/C19H24N4O2.HI/c1-20-19(21-11-14-5-4-6-16(9-14)23(2)3)22-12-15-7-8-17-18(10-15)25-13-24-17;/h4-10H,11-13H2,1-3H3,(H2,20,21,22);1H. The number of ether oxygens (including phenoxy) is 2. The molecule has 2 aromatic carbocycles. The fourth-order valence-corrected chi connectivity index (χ4v) is 2.59. The number of hydrogen-bond acceptors (Lipinski definition) is 4. The van der Waals surface area contributed by atoms with E-state index in [1.54, 1.807) is 7.05 Å². The Balaban J connectivity index is 0.00000243. The molecule has 0 aliphatic carbocycles. The van der Waals surface area contributed by atoms with Gasteiger partial charge in [-0.15, -0.1) is 24.0 Å². The molecule has 0 saturated carbocycles. The van der Waals surface area contributed by atoms with Crippen LogP contribution in [0, 0.1) is 0 Å². The van der Waals surface area contributed by atoms with Crippen LogP contribution in [0.1, 0.15) is 11.1 Å². The van der Waals surface area contributed by atoms with Crippen LogP contribution in [0.25, 0.3) is 0 Å². The zero-order valence-electron chi connectivity index (χ0n) is 15.3. The Bertz CT molecular complexity index is 765. The summed E-state index contributed by atoms with van der Waals surface area (Å²) in [6.45, 7) is 1.66. The van der Waals surface area contributed by atoms with E-state index in [1.807, 2.05) is 32.3 Å². The fourth-order valence-electron chi connectivity index (χ4n) is 2.59. The first-order valence-electron chi connectivity index (χ1n) is 8.25. The van der Waals surface area contributed by atoms with Gasteiger partial charge in [0.15, 0.2) is 17.5 Å². The highest BCUT2D eigenvalue weighted by Gasteiger charge is 2.13. The molecule has 0 saturated heterocycles. The van der Waals surface area contributed by atoms with E-state index in [0.29, 0.717) is 19.9 Å². The summed E-state index contributed by atoms with van der Waals surface area (Å²) >= 11 is 0. The van der Waals surface area contributed by atoms with Crippen molar-refractivity contribution < 1.29 is 9.47 Å². The highest BCUT2D eigenvalue weighted by atomic mass is 127. The molecule has 0 atom stereocenters. The van der Waals surface area contributed by atoms with Gasteiger partial charge >= 0.3 is 0 Å². The molecule has 0 unspecified atom stereocenters. The summed E-state index contributed by atoms with van der Waals surface area (Å²) in [5.74, 6) is 2.35. The summed E-state index contributed by atoms with van der Waals surface area (Å²) in [7, 11) is 5.85. The summed E-state index contributed by atoms with van der Waals surface area (Å²) in [6.07, 6.45) is 0. The van der Waals surface area contributed by atoms with Gasteiger partial charge in [0.05, 0.1) is 0 Å². The number of rotatable bonds is 5. The normalized spacial score (nSPS) is 12.3. The molecule has 7 heteroatoms. The first kappa shape index (κ1) is 20.2. The van der Waals surface area contributed by atoms with E-state index in [0.717, 1.165) is 23.0 Å². The van der Waals surface area contributed by atoms with Crippen LogP contribution in [0.4, 0.5) is 5.69 Å². The molecule has 26 heavy (non-hydrogen) atoms. The highest BCUT2D eigenvalue weighted by Crippen LogP contribution is 2.32. The number of guanidine groups is 1. The van der Waals surface area contributed by atoms with Crippen LogP contribution in [0.15, 0.2) is 47.5 Å². The van der Waals surface area contributed by atoms with Crippen LogP contribution in [-0.4, -0.2) is 33.9 Å². The Morgan fingerprint density at radius 2 is 1.69 bits per heavy atom. The van der Waals surface area contributed by atoms with Crippen LogP contribution in [0.5, 0.6) is 11.5 Å². The van der Waals surface area contributed by atoms with Crippen LogP contribution in [0.3, 0.4) is 0 Å². The van der Waals surface area contributed by atoms with E-state index >= 15 is 0 Å². The van der Waals surface area contributed by atoms with Crippen LogP contribution in [0.2, 0.25) is 0 Å². The largest absolute Gasteiger partial charge is 0.454 e. The van der Waals surface area contributed by atoms with Crippen molar-refractivity contribution in [2.24, 2.45) is 4.99 Å². The van der Waals surface area contributed by atoms with Crippen molar-refractivity contribution in [3.05, 3.63) is 53.6 Å². The molecule has 0 aromatic heterocycles. The van der Waals surface area contributed by atoms with Gasteiger partial charge in [-0.25, -0.2) is 0 Å². The lowest BCUT2D eigenvalue weighted by Gasteiger charge is -2.15. The molecule has 0 radical (unpaired) electrons. The molecule has 1 heterocycles. The average molecular weight is 468 g/mol. The lowest BCUT2D eigenvalue weighted by molar-refractivity contribution is 0.174. The molecule has 0 amide bonds. The van der Waals surface area contributed by atoms with Gasteiger partial charge in [0.2, 0.25) is 6.79 Å². The lowest BCUT2D eigenvalue weighted by Crippen LogP contribution is -2.36. The topological polar surface area (TPSA) is 58.1 Å². The van der Waals surface area contributed by atoms with Gasteiger partial charge in [-0.05, 0) is 35.4 Å². The minimum Gasteiger partial charge on any atom is -0.454 e. The number of nitrogens with one attached hydrogen (secondary N) is 2. The Morgan fingerprint density at radius 3 is 2.38 bits per heavy atom. The molecule has 2 N–H and O–H groups in total. The molecule has 1 aliphatic rings. The maximum Gasteiger partial charge on any atom is 0.231 e. The third-order valence-corrected chi connectivity index (χ3v) is 4.01. The van der Waals surface area contributed by atoms with Gasteiger partial charge in [0.25, 0.3) is 0 Å². The summed E-state index contributed by atoms with van der Waals surface area (Å²) in [5.41, 5.74) is 3.50. The molecule has 0 spiro atoms. The van der Waals surface area contributed by atoms with Gasteiger partial charge in [-0.2, -0.15) is 0 Å². The Kier molecular flexibility index (Phi) is 7.38. The van der Waals surface area contributed by atoms with Gasteiger partial charge in [0.1, 0.15) is 0 Å². The van der Waals surface area contributed by atoms with E-state index in [9.17, 15) is 0 Å². The van der Waals surface area contributed by atoms with Gasteiger partial charge < -0.3 is 25.0 Å². The van der Waals surface area contributed by atoms with E-state index < -0.39 is 0 Å². The molecule has 6 nitrogen and oxygen atoms in total. The quantitative estimate of drug-likeness (QED) is 0.402. The monoisotopic (exact) mass is 468 g/mol.